The molecule has 0 spiro atoms. The second kappa shape index (κ2) is 7.48. The highest BCUT2D eigenvalue weighted by molar-refractivity contribution is 5.46. The van der Waals surface area contributed by atoms with Crippen LogP contribution in [0.3, 0.4) is 0 Å². The van der Waals surface area contributed by atoms with Gasteiger partial charge in [-0.3, -0.25) is 0 Å². The van der Waals surface area contributed by atoms with Gasteiger partial charge in [-0.05, 0) is 34.1 Å². The van der Waals surface area contributed by atoms with Crippen LogP contribution in [0.1, 0.15) is 41.0 Å². The number of hydrogen-bond donors (Lipinski definition) is 2. The number of rotatable bonds is 7. The van der Waals surface area contributed by atoms with Gasteiger partial charge in [0.25, 0.3) is 0 Å². The van der Waals surface area contributed by atoms with Crippen molar-refractivity contribution in [2.75, 3.05) is 22.1 Å². The Hall–Kier alpha value is -2.10. The Morgan fingerprint density at radius 1 is 1.05 bits per heavy atom. The first-order chi connectivity index (χ1) is 9.46. The van der Waals surface area contributed by atoms with Crippen molar-refractivity contribution in [1.82, 2.24) is 15.0 Å². The van der Waals surface area contributed by atoms with E-state index in [-0.39, 0.29) is 12.1 Å². The number of nitrogens with zero attached hydrogens (tertiary/aromatic N) is 5. The molecule has 2 N–H and O–H groups in total. The lowest BCUT2D eigenvalue weighted by Crippen LogP contribution is -2.23. The standard InChI is InChI=1S/C13H23N7/c1-6-7-20(8-14)13-18-11(15-9(2)3)17-12(19-13)16-10(4)5/h9-10H,6-7H2,1-5H3,(H2,15,16,17,18,19). The first-order valence-electron chi connectivity index (χ1n) is 6.92. The predicted octanol–water partition coefficient (Wildman–Crippen LogP) is 2.21. The van der Waals surface area contributed by atoms with Crippen molar-refractivity contribution in [2.45, 2.75) is 53.1 Å². The van der Waals surface area contributed by atoms with E-state index in [1.54, 1.807) is 0 Å². The minimum Gasteiger partial charge on any atom is -0.352 e. The Bertz CT molecular complexity index is 436. The molecule has 0 unspecified atom stereocenters. The number of nitriles is 1. The van der Waals surface area contributed by atoms with Gasteiger partial charge in [0.05, 0.1) is 0 Å². The van der Waals surface area contributed by atoms with Crippen molar-refractivity contribution in [3.05, 3.63) is 0 Å². The van der Waals surface area contributed by atoms with Crippen molar-refractivity contribution in [2.24, 2.45) is 0 Å². The smallest absolute Gasteiger partial charge is 0.245 e. The number of hydrogen-bond acceptors (Lipinski definition) is 7. The van der Waals surface area contributed by atoms with E-state index in [1.165, 1.54) is 4.90 Å². The first kappa shape index (κ1) is 16.0. The van der Waals surface area contributed by atoms with Crippen molar-refractivity contribution >= 4 is 17.8 Å². The maximum atomic E-state index is 9.19. The van der Waals surface area contributed by atoms with Crippen molar-refractivity contribution in [3.8, 4) is 6.19 Å². The molecule has 20 heavy (non-hydrogen) atoms. The van der Waals surface area contributed by atoms with Crippen LogP contribution < -0.4 is 15.5 Å². The van der Waals surface area contributed by atoms with E-state index in [0.717, 1.165) is 6.42 Å². The molecule has 0 aromatic carbocycles. The van der Waals surface area contributed by atoms with Gasteiger partial charge in [0.1, 0.15) is 0 Å². The van der Waals surface area contributed by atoms with Crippen LogP contribution in [-0.2, 0) is 0 Å². The molecule has 0 aliphatic rings. The highest BCUT2D eigenvalue weighted by Crippen LogP contribution is 2.14. The van der Waals surface area contributed by atoms with Crippen LogP contribution in [0.15, 0.2) is 0 Å². The van der Waals surface area contributed by atoms with Gasteiger partial charge in [-0.2, -0.15) is 20.2 Å². The van der Waals surface area contributed by atoms with Crippen LogP contribution in [0.4, 0.5) is 17.8 Å². The predicted molar refractivity (Wildman–Crippen MR) is 80.6 cm³/mol. The molecule has 0 aliphatic carbocycles. The van der Waals surface area contributed by atoms with Gasteiger partial charge in [0.15, 0.2) is 6.19 Å². The van der Waals surface area contributed by atoms with Gasteiger partial charge in [0, 0.05) is 18.6 Å². The van der Waals surface area contributed by atoms with Gasteiger partial charge in [-0.25, -0.2) is 4.90 Å². The van der Waals surface area contributed by atoms with Crippen LogP contribution in [0.25, 0.3) is 0 Å². The van der Waals surface area contributed by atoms with Crippen LogP contribution in [-0.4, -0.2) is 33.6 Å². The minimum absolute atomic E-state index is 0.207. The van der Waals surface area contributed by atoms with Crippen molar-refractivity contribution in [3.63, 3.8) is 0 Å². The molecule has 0 aliphatic heterocycles. The van der Waals surface area contributed by atoms with Gasteiger partial charge in [-0.15, -0.1) is 0 Å². The average molecular weight is 277 g/mol. The fourth-order valence-electron chi connectivity index (χ4n) is 1.55. The summed E-state index contributed by atoms with van der Waals surface area (Å²) in [7, 11) is 0. The molecule has 0 radical (unpaired) electrons. The summed E-state index contributed by atoms with van der Waals surface area (Å²) in [5, 5.41) is 15.5. The average Bonchev–Trinajstić information content (AvgIpc) is 2.33. The third kappa shape index (κ3) is 4.88. The van der Waals surface area contributed by atoms with Crippen molar-refractivity contribution in [1.29, 1.82) is 5.26 Å². The summed E-state index contributed by atoms with van der Waals surface area (Å²) in [4.78, 5) is 14.4. The summed E-state index contributed by atoms with van der Waals surface area (Å²) < 4.78 is 0. The van der Waals surface area contributed by atoms with E-state index in [4.69, 9.17) is 0 Å². The first-order valence-corrected chi connectivity index (χ1v) is 6.92. The molecule has 0 fully saturated rings. The lowest BCUT2D eigenvalue weighted by atomic mass is 10.4. The Labute approximate surface area is 120 Å². The van der Waals surface area contributed by atoms with E-state index in [9.17, 15) is 5.26 Å². The molecule has 1 aromatic heterocycles. The summed E-state index contributed by atoms with van der Waals surface area (Å²) in [5.41, 5.74) is 0. The second-order valence-electron chi connectivity index (χ2n) is 5.13. The van der Waals surface area contributed by atoms with Gasteiger partial charge in [-0.1, -0.05) is 6.92 Å². The topological polar surface area (TPSA) is 89.8 Å². The molecule has 1 heterocycles. The van der Waals surface area contributed by atoms with E-state index < -0.39 is 0 Å². The summed E-state index contributed by atoms with van der Waals surface area (Å²) in [6.07, 6.45) is 2.95. The van der Waals surface area contributed by atoms with Crippen LogP contribution in [0.5, 0.6) is 0 Å². The molecule has 7 nitrogen and oxygen atoms in total. The summed E-state index contributed by atoms with van der Waals surface area (Å²) >= 11 is 0. The normalized spacial score (nSPS) is 10.5. The zero-order chi connectivity index (χ0) is 15.1. The lowest BCUT2D eigenvalue weighted by molar-refractivity contribution is 0.816. The maximum Gasteiger partial charge on any atom is 0.245 e. The molecule has 0 saturated carbocycles. The Morgan fingerprint density at radius 2 is 1.55 bits per heavy atom. The summed E-state index contributed by atoms with van der Waals surface area (Å²) in [6.45, 7) is 10.6. The minimum atomic E-state index is 0.207. The highest BCUT2D eigenvalue weighted by Gasteiger charge is 2.13. The molecule has 1 rings (SSSR count). The summed E-state index contributed by atoms with van der Waals surface area (Å²) in [6, 6.07) is 0.415. The van der Waals surface area contributed by atoms with Crippen molar-refractivity contribution < 1.29 is 0 Å². The monoisotopic (exact) mass is 277 g/mol. The molecule has 0 saturated heterocycles. The van der Waals surface area contributed by atoms with Crippen LogP contribution in [0, 0.1) is 11.5 Å². The SMILES string of the molecule is CCCN(C#N)c1nc(NC(C)C)nc(NC(C)C)n1. The maximum absolute atomic E-state index is 9.19. The Kier molecular flexibility index (Phi) is 5.97. The van der Waals surface area contributed by atoms with Gasteiger partial charge < -0.3 is 10.6 Å². The molecular formula is C13H23N7. The zero-order valence-corrected chi connectivity index (χ0v) is 12.8. The Balaban J connectivity index is 3.11. The van der Waals surface area contributed by atoms with Crippen LogP contribution in [0.2, 0.25) is 0 Å². The van der Waals surface area contributed by atoms with E-state index in [1.807, 2.05) is 34.6 Å². The van der Waals surface area contributed by atoms with Gasteiger partial charge >= 0.3 is 0 Å². The number of nitrogens with one attached hydrogen (secondary N) is 2. The molecule has 7 heteroatoms. The number of anilines is 3. The van der Waals surface area contributed by atoms with E-state index in [2.05, 4.69) is 31.8 Å². The molecule has 0 atom stereocenters. The quantitative estimate of drug-likeness (QED) is 0.583. The third-order valence-electron chi connectivity index (χ3n) is 2.27. The lowest BCUT2D eigenvalue weighted by Gasteiger charge is -2.17. The summed E-state index contributed by atoms with van der Waals surface area (Å²) in [5.74, 6) is 1.32. The van der Waals surface area contributed by atoms with E-state index in [0.29, 0.717) is 24.4 Å². The third-order valence-corrected chi connectivity index (χ3v) is 2.27. The largest absolute Gasteiger partial charge is 0.352 e. The molecular weight excluding hydrogens is 254 g/mol. The molecule has 110 valence electrons. The fraction of sp³-hybridized carbons (Fsp3) is 0.692. The molecule has 1 aromatic rings. The molecule has 0 bridgehead atoms. The second-order valence-corrected chi connectivity index (χ2v) is 5.13. The fourth-order valence-corrected chi connectivity index (χ4v) is 1.55. The number of aromatic nitrogens is 3. The highest BCUT2D eigenvalue weighted by atomic mass is 15.3. The zero-order valence-electron chi connectivity index (χ0n) is 12.8. The Morgan fingerprint density at radius 3 is 1.90 bits per heavy atom. The van der Waals surface area contributed by atoms with Crippen LogP contribution >= 0.6 is 0 Å². The van der Waals surface area contributed by atoms with Gasteiger partial charge in [0.2, 0.25) is 17.8 Å². The van der Waals surface area contributed by atoms with E-state index >= 15 is 0 Å². The molecule has 0 amide bonds.